The molecule has 1 aromatic rings. The van der Waals surface area contributed by atoms with Gasteiger partial charge in [-0.15, -0.1) is 0 Å². The Morgan fingerprint density at radius 2 is 2.33 bits per heavy atom. The average Bonchev–Trinajstić information content (AvgIpc) is 2.76. The van der Waals surface area contributed by atoms with Crippen molar-refractivity contribution in [2.75, 3.05) is 19.6 Å². The molecule has 1 aliphatic rings. The molecule has 0 N–H and O–H groups in total. The molecule has 0 saturated carbocycles. The monoisotopic (exact) mass is 249 g/mol. The Bertz CT molecular complexity index is 411. The number of hydrogen-bond acceptors (Lipinski definition) is 3. The molecule has 0 aromatic carbocycles. The number of rotatable bonds is 4. The van der Waals surface area contributed by atoms with Crippen LogP contribution in [0.15, 0.2) is 12.4 Å². The highest BCUT2D eigenvalue weighted by atomic mass is 16.1. The molecule has 1 fully saturated rings. The molecule has 18 heavy (non-hydrogen) atoms. The van der Waals surface area contributed by atoms with E-state index in [0.717, 1.165) is 25.9 Å². The maximum absolute atomic E-state index is 11.8. The van der Waals surface area contributed by atoms with Crippen molar-refractivity contribution in [3.8, 4) is 0 Å². The highest BCUT2D eigenvalue weighted by Crippen LogP contribution is 2.21. The zero-order valence-electron chi connectivity index (χ0n) is 11.6. The minimum Gasteiger partial charge on any atom is -0.298 e. The van der Waals surface area contributed by atoms with Gasteiger partial charge in [0.2, 0.25) is 0 Å². The van der Waals surface area contributed by atoms with Crippen molar-refractivity contribution >= 4 is 5.78 Å². The fourth-order valence-electron chi connectivity index (χ4n) is 2.43. The Balaban J connectivity index is 1.94. The molecule has 1 aliphatic heterocycles. The second-order valence-corrected chi connectivity index (χ2v) is 5.65. The zero-order chi connectivity index (χ0) is 13.1. The van der Waals surface area contributed by atoms with Crippen molar-refractivity contribution < 1.29 is 4.79 Å². The van der Waals surface area contributed by atoms with Gasteiger partial charge in [0.05, 0.1) is 18.8 Å². The molecule has 1 aromatic heterocycles. The molecule has 1 saturated heterocycles. The van der Waals surface area contributed by atoms with Crippen LogP contribution in [-0.4, -0.2) is 40.1 Å². The van der Waals surface area contributed by atoms with E-state index in [0.29, 0.717) is 18.4 Å². The van der Waals surface area contributed by atoms with E-state index in [4.69, 9.17) is 0 Å². The van der Waals surface area contributed by atoms with E-state index in [1.165, 1.54) is 5.56 Å². The molecule has 4 heteroatoms. The van der Waals surface area contributed by atoms with Gasteiger partial charge in [0.1, 0.15) is 5.78 Å². The van der Waals surface area contributed by atoms with Gasteiger partial charge in [-0.3, -0.25) is 14.4 Å². The highest BCUT2D eigenvalue weighted by molar-refractivity contribution is 5.82. The molecular formula is C14H23N3O. The number of likely N-dealkylation sites (tertiary alicyclic amines) is 1. The summed E-state index contributed by atoms with van der Waals surface area (Å²) in [5.74, 6) is 0.477. The van der Waals surface area contributed by atoms with Crippen LogP contribution in [-0.2, 0) is 4.79 Å². The van der Waals surface area contributed by atoms with Crippen LogP contribution >= 0.6 is 0 Å². The van der Waals surface area contributed by atoms with Gasteiger partial charge in [-0.05, 0) is 31.9 Å². The van der Waals surface area contributed by atoms with Gasteiger partial charge in [-0.1, -0.05) is 13.8 Å². The molecule has 2 rings (SSSR count). The maximum atomic E-state index is 11.8. The van der Waals surface area contributed by atoms with Gasteiger partial charge >= 0.3 is 0 Å². The Kier molecular flexibility index (Phi) is 4.17. The van der Waals surface area contributed by atoms with Crippen molar-refractivity contribution in [1.29, 1.82) is 0 Å². The standard InChI is InChI=1S/C14H23N3O/c1-11(2)14(18)10-16-6-4-5-13(9-16)17-8-12(3)7-15-17/h7-8,11,13H,4-6,9-10H2,1-3H3. The van der Waals surface area contributed by atoms with Crippen molar-refractivity contribution in [3.63, 3.8) is 0 Å². The smallest absolute Gasteiger partial charge is 0.149 e. The number of carbonyl (C=O) groups excluding carboxylic acids is 1. The van der Waals surface area contributed by atoms with E-state index >= 15 is 0 Å². The lowest BCUT2D eigenvalue weighted by molar-refractivity contribution is -0.123. The summed E-state index contributed by atoms with van der Waals surface area (Å²) in [6.07, 6.45) is 6.30. The number of nitrogens with zero attached hydrogens (tertiary/aromatic N) is 3. The van der Waals surface area contributed by atoms with Crippen LogP contribution in [0.4, 0.5) is 0 Å². The topological polar surface area (TPSA) is 38.1 Å². The Morgan fingerprint density at radius 3 is 2.94 bits per heavy atom. The third kappa shape index (κ3) is 3.19. The van der Waals surface area contributed by atoms with Gasteiger partial charge in [-0.25, -0.2) is 0 Å². The number of aromatic nitrogens is 2. The Morgan fingerprint density at radius 1 is 1.56 bits per heavy atom. The highest BCUT2D eigenvalue weighted by Gasteiger charge is 2.23. The first-order valence-electron chi connectivity index (χ1n) is 6.82. The summed E-state index contributed by atoms with van der Waals surface area (Å²) < 4.78 is 2.06. The predicted octanol–water partition coefficient (Wildman–Crippen LogP) is 2.05. The third-order valence-electron chi connectivity index (χ3n) is 3.61. The average molecular weight is 249 g/mol. The summed E-state index contributed by atoms with van der Waals surface area (Å²) in [5, 5.41) is 4.39. The van der Waals surface area contributed by atoms with Crippen LogP contribution in [0.1, 0.15) is 38.3 Å². The molecule has 0 spiro atoms. The van der Waals surface area contributed by atoms with E-state index in [-0.39, 0.29) is 5.92 Å². The third-order valence-corrected chi connectivity index (χ3v) is 3.61. The van der Waals surface area contributed by atoms with Crippen molar-refractivity contribution in [2.45, 2.75) is 39.7 Å². The summed E-state index contributed by atoms with van der Waals surface area (Å²) in [6, 6.07) is 0.424. The minimum absolute atomic E-state index is 0.136. The van der Waals surface area contributed by atoms with Crippen LogP contribution in [0.2, 0.25) is 0 Å². The fourth-order valence-corrected chi connectivity index (χ4v) is 2.43. The lowest BCUT2D eigenvalue weighted by Gasteiger charge is -2.32. The molecular weight excluding hydrogens is 226 g/mol. The predicted molar refractivity (Wildman–Crippen MR) is 71.5 cm³/mol. The summed E-state index contributed by atoms with van der Waals surface area (Å²) >= 11 is 0. The minimum atomic E-state index is 0.136. The van der Waals surface area contributed by atoms with Crippen LogP contribution in [0.5, 0.6) is 0 Å². The second kappa shape index (κ2) is 5.65. The number of aryl methyl sites for hydroxylation is 1. The fraction of sp³-hybridized carbons (Fsp3) is 0.714. The SMILES string of the molecule is Cc1cnn(C2CCCN(CC(=O)C(C)C)C2)c1. The van der Waals surface area contributed by atoms with Crippen LogP contribution in [0.25, 0.3) is 0 Å². The lowest BCUT2D eigenvalue weighted by Crippen LogP contribution is -2.40. The van der Waals surface area contributed by atoms with E-state index in [1.54, 1.807) is 0 Å². The molecule has 0 amide bonds. The van der Waals surface area contributed by atoms with Crippen molar-refractivity contribution in [2.24, 2.45) is 5.92 Å². The summed E-state index contributed by atoms with van der Waals surface area (Å²) in [5.41, 5.74) is 1.20. The van der Waals surface area contributed by atoms with Gasteiger partial charge < -0.3 is 0 Å². The van der Waals surface area contributed by atoms with E-state index in [9.17, 15) is 4.79 Å². The molecule has 2 heterocycles. The van der Waals surface area contributed by atoms with Gasteiger partial charge in [0, 0.05) is 18.7 Å². The molecule has 4 nitrogen and oxygen atoms in total. The molecule has 0 bridgehead atoms. The van der Waals surface area contributed by atoms with Crippen LogP contribution in [0.3, 0.4) is 0 Å². The second-order valence-electron chi connectivity index (χ2n) is 5.65. The first-order valence-corrected chi connectivity index (χ1v) is 6.82. The number of Topliss-reactive ketones (excluding diaryl/α,β-unsaturated/α-hetero) is 1. The molecule has 0 radical (unpaired) electrons. The zero-order valence-corrected chi connectivity index (χ0v) is 11.6. The van der Waals surface area contributed by atoms with Gasteiger partial charge in [-0.2, -0.15) is 5.10 Å². The van der Waals surface area contributed by atoms with Crippen LogP contribution < -0.4 is 0 Å². The lowest BCUT2D eigenvalue weighted by atomic mass is 10.0. The largest absolute Gasteiger partial charge is 0.298 e. The van der Waals surface area contributed by atoms with E-state index in [1.807, 2.05) is 20.0 Å². The van der Waals surface area contributed by atoms with Gasteiger partial charge in [0.25, 0.3) is 0 Å². The molecule has 1 unspecified atom stereocenters. The summed E-state index contributed by atoms with van der Waals surface area (Å²) in [6.45, 7) is 8.58. The van der Waals surface area contributed by atoms with E-state index < -0.39 is 0 Å². The number of hydrogen-bond donors (Lipinski definition) is 0. The molecule has 1 atom stereocenters. The summed E-state index contributed by atoms with van der Waals surface area (Å²) in [4.78, 5) is 14.1. The number of carbonyl (C=O) groups is 1. The molecule has 0 aliphatic carbocycles. The Labute approximate surface area is 109 Å². The molecule has 100 valence electrons. The summed E-state index contributed by atoms with van der Waals surface area (Å²) in [7, 11) is 0. The Hall–Kier alpha value is -1.16. The number of piperidine rings is 1. The van der Waals surface area contributed by atoms with Crippen molar-refractivity contribution in [3.05, 3.63) is 18.0 Å². The van der Waals surface area contributed by atoms with Crippen LogP contribution in [0, 0.1) is 12.8 Å². The first-order chi connectivity index (χ1) is 8.56. The van der Waals surface area contributed by atoms with Gasteiger partial charge in [0.15, 0.2) is 0 Å². The first kappa shape index (κ1) is 13.3. The maximum Gasteiger partial charge on any atom is 0.149 e. The quantitative estimate of drug-likeness (QED) is 0.819. The van der Waals surface area contributed by atoms with E-state index in [2.05, 4.69) is 27.8 Å². The van der Waals surface area contributed by atoms with Crippen molar-refractivity contribution in [1.82, 2.24) is 14.7 Å². The normalized spacial score (nSPS) is 21.4. The number of ketones is 1.